The molecule has 0 aliphatic rings. The largest absolute Gasteiger partial charge is 0.481 e. The first kappa shape index (κ1) is 13.1. The Morgan fingerprint density at radius 2 is 2.25 bits per heavy atom. The fourth-order valence-electron chi connectivity index (χ4n) is 1.28. The van der Waals surface area contributed by atoms with Gasteiger partial charge in [0.25, 0.3) is 6.43 Å². The first-order valence-corrected chi connectivity index (χ1v) is 5.45. The van der Waals surface area contributed by atoms with Crippen LogP contribution in [0.25, 0.3) is 0 Å². The fourth-order valence-corrected chi connectivity index (χ4v) is 1.74. The number of carbonyl (C=O) groups is 1. The number of nitrogens with zero attached hydrogens (tertiary/aromatic N) is 2. The fraction of sp³-hybridized carbons (Fsp3) is 0.556. The molecule has 0 aliphatic carbocycles. The van der Waals surface area contributed by atoms with Crippen molar-refractivity contribution in [2.24, 2.45) is 0 Å². The molecule has 0 unspecified atom stereocenters. The van der Waals surface area contributed by atoms with E-state index in [0.717, 1.165) is 0 Å². The molecule has 0 atom stereocenters. The molecule has 0 fully saturated rings. The van der Waals surface area contributed by atoms with Crippen LogP contribution in [-0.4, -0.2) is 20.9 Å². The number of carboxylic acids is 1. The van der Waals surface area contributed by atoms with E-state index in [4.69, 9.17) is 5.11 Å². The van der Waals surface area contributed by atoms with Crippen LogP contribution < -0.4 is 0 Å². The Kier molecular flexibility index (Phi) is 4.40. The molecule has 1 heterocycles. The zero-order valence-corrected chi connectivity index (χ0v) is 10.2. The van der Waals surface area contributed by atoms with Crippen molar-refractivity contribution in [1.82, 2.24) is 9.78 Å². The molecule has 7 heteroatoms. The molecule has 0 saturated carbocycles. The Labute approximate surface area is 99.4 Å². The van der Waals surface area contributed by atoms with Gasteiger partial charge in [-0.05, 0) is 29.3 Å². The van der Waals surface area contributed by atoms with E-state index < -0.39 is 12.4 Å². The lowest BCUT2D eigenvalue weighted by atomic mass is 10.3. The first-order valence-electron chi connectivity index (χ1n) is 4.66. The van der Waals surface area contributed by atoms with Crippen molar-refractivity contribution in [2.45, 2.75) is 32.7 Å². The number of hydrogen-bond donors (Lipinski definition) is 1. The van der Waals surface area contributed by atoms with E-state index in [0.29, 0.717) is 18.7 Å². The number of rotatable bonds is 5. The third-order valence-electron chi connectivity index (χ3n) is 2.13. The van der Waals surface area contributed by atoms with Crippen molar-refractivity contribution < 1.29 is 18.7 Å². The molecule has 0 spiro atoms. The van der Waals surface area contributed by atoms with E-state index >= 15 is 0 Å². The van der Waals surface area contributed by atoms with Gasteiger partial charge in [0.2, 0.25) is 0 Å². The highest BCUT2D eigenvalue weighted by molar-refractivity contribution is 9.10. The van der Waals surface area contributed by atoms with Gasteiger partial charge in [0, 0.05) is 13.0 Å². The molecule has 1 rings (SSSR count). The normalized spacial score (nSPS) is 11.1. The van der Waals surface area contributed by atoms with Crippen LogP contribution in [0.2, 0.25) is 0 Å². The Hall–Kier alpha value is -0.980. The molecule has 90 valence electrons. The molecule has 0 amide bonds. The number of halogens is 3. The molecule has 4 nitrogen and oxygen atoms in total. The lowest BCUT2D eigenvalue weighted by Gasteiger charge is -2.02. The highest BCUT2D eigenvalue weighted by Crippen LogP contribution is 2.29. The van der Waals surface area contributed by atoms with E-state index in [1.54, 1.807) is 6.92 Å². The number of carboxylic acid groups (broad SMARTS) is 1. The number of hydrogen-bond acceptors (Lipinski definition) is 2. The minimum Gasteiger partial charge on any atom is -0.481 e. The summed E-state index contributed by atoms with van der Waals surface area (Å²) in [6.45, 7) is 1.98. The van der Waals surface area contributed by atoms with Gasteiger partial charge in [-0.25, -0.2) is 8.78 Å². The molecule has 0 radical (unpaired) electrons. The average molecular weight is 297 g/mol. The third kappa shape index (κ3) is 3.01. The van der Waals surface area contributed by atoms with Gasteiger partial charge in [0.15, 0.2) is 0 Å². The predicted molar refractivity (Wildman–Crippen MR) is 56.5 cm³/mol. The second kappa shape index (κ2) is 5.38. The summed E-state index contributed by atoms with van der Waals surface area (Å²) in [6.07, 6.45) is -2.26. The van der Waals surface area contributed by atoms with Gasteiger partial charge in [-0.2, -0.15) is 5.10 Å². The summed E-state index contributed by atoms with van der Waals surface area (Å²) in [5.74, 6) is -0.905. The summed E-state index contributed by atoms with van der Waals surface area (Å²) in [6, 6.07) is 0. The summed E-state index contributed by atoms with van der Waals surface area (Å²) < 4.78 is 26.6. The van der Waals surface area contributed by atoms with Crippen LogP contribution in [0.4, 0.5) is 8.78 Å². The molecule has 1 aromatic heterocycles. The zero-order valence-electron chi connectivity index (χ0n) is 8.58. The van der Waals surface area contributed by atoms with Gasteiger partial charge in [0.05, 0.1) is 10.2 Å². The highest BCUT2D eigenvalue weighted by atomic mass is 79.9. The number of alkyl halides is 2. The van der Waals surface area contributed by atoms with Gasteiger partial charge < -0.3 is 5.11 Å². The molecule has 16 heavy (non-hydrogen) atoms. The molecule has 0 aliphatic heterocycles. The Balaban J connectivity index is 2.74. The molecule has 1 N–H and O–H groups in total. The van der Waals surface area contributed by atoms with Gasteiger partial charge in [-0.15, -0.1) is 0 Å². The molecule has 0 aromatic carbocycles. The van der Waals surface area contributed by atoms with Gasteiger partial charge in [-0.1, -0.05) is 0 Å². The van der Waals surface area contributed by atoms with Crippen molar-refractivity contribution >= 4 is 21.9 Å². The SMILES string of the molecule is Cc1c(Br)c(C(F)F)nn1CCCC(=O)O. The second-order valence-electron chi connectivity index (χ2n) is 3.31. The number of aryl methyl sites for hydroxylation is 1. The van der Waals surface area contributed by atoms with Crippen LogP contribution in [0.15, 0.2) is 4.47 Å². The Morgan fingerprint density at radius 3 is 2.69 bits per heavy atom. The molecule has 1 aromatic rings. The Bertz CT molecular complexity index is 393. The summed E-state index contributed by atoms with van der Waals surface area (Å²) in [5, 5.41) is 12.2. The van der Waals surface area contributed by atoms with Gasteiger partial charge >= 0.3 is 5.97 Å². The zero-order chi connectivity index (χ0) is 12.3. The topological polar surface area (TPSA) is 55.1 Å². The number of aliphatic carboxylic acids is 1. The highest BCUT2D eigenvalue weighted by Gasteiger charge is 2.19. The summed E-state index contributed by atoms with van der Waals surface area (Å²) in [4.78, 5) is 10.3. The standard InChI is InChI=1S/C9H11BrF2N2O2/c1-5-7(10)8(9(11)12)13-14(5)4-2-3-6(15)16/h9H,2-4H2,1H3,(H,15,16). The van der Waals surface area contributed by atoms with Crippen LogP contribution in [0.1, 0.15) is 30.7 Å². The summed E-state index contributed by atoms with van der Waals surface area (Å²) >= 11 is 3.04. The van der Waals surface area contributed by atoms with E-state index in [1.165, 1.54) is 4.68 Å². The van der Waals surface area contributed by atoms with Crippen molar-refractivity contribution in [3.05, 3.63) is 15.9 Å². The average Bonchev–Trinajstić information content (AvgIpc) is 2.45. The molecular formula is C9H11BrF2N2O2. The Morgan fingerprint density at radius 1 is 1.62 bits per heavy atom. The maximum absolute atomic E-state index is 12.5. The quantitative estimate of drug-likeness (QED) is 0.909. The van der Waals surface area contributed by atoms with Gasteiger partial charge in [-0.3, -0.25) is 9.48 Å². The monoisotopic (exact) mass is 296 g/mol. The van der Waals surface area contributed by atoms with Gasteiger partial charge in [0.1, 0.15) is 5.69 Å². The summed E-state index contributed by atoms with van der Waals surface area (Å²) in [7, 11) is 0. The maximum atomic E-state index is 12.5. The van der Waals surface area contributed by atoms with Crippen LogP contribution in [-0.2, 0) is 11.3 Å². The van der Waals surface area contributed by atoms with Crippen molar-refractivity contribution in [3.63, 3.8) is 0 Å². The van der Waals surface area contributed by atoms with Crippen molar-refractivity contribution in [2.75, 3.05) is 0 Å². The predicted octanol–water partition coefficient (Wildman–Crippen LogP) is 2.76. The lowest BCUT2D eigenvalue weighted by Crippen LogP contribution is -2.05. The van der Waals surface area contributed by atoms with E-state index in [1.807, 2.05) is 0 Å². The molecule has 0 bridgehead atoms. The van der Waals surface area contributed by atoms with E-state index in [9.17, 15) is 13.6 Å². The second-order valence-corrected chi connectivity index (χ2v) is 4.10. The molecular weight excluding hydrogens is 286 g/mol. The third-order valence-corrected chi connectivity index (χ3v) is 3.11. The summed E-state index contributed by atoms with van der Waals surface area (Å²) in [5.41, 5.74) is 0.286. The lowest BCUT2D eigenvalue weighted by molar-refractivity contribution is -0.137. The van der Waals surface area contributed by atoms with Crippen LogP contribution >= 0.6 is 15.9 Å². The number of aromatic nitrogens is 2. The minimum atomic E-state index is -2.63. The molecule has 0 saturated heterocycles. The smallest absolute Gasteiger partial charge is 0.303 e. The maximum Gasteiger partial charge on any atom is 0.303 e. The minimum absolute atomic E-state index is 0.000924. The van der Waals surface area contributed by atoms with E-state index in [-0.39, 0.29) is 16.6 Å². The van der Waals surface area contributed by atoms with E-state index in [2.05, 4.69) is 21.0 Å². The van der Waals surface area contributed by atoms with Crippen LogP contribution in [0.3, 0.4) is 0 Å². The van der Waals surface area contributed by atoms with Crippen molar-refractivity contribution in [3.8, 4) is 0 Å². The first-order chi connectivity index (χ1) is 7.43. The van der Waals surface area contributed by atoms with Crippen molar-refractivity contribution in [1.29, 1.82) is 0 Å². The van der Waals surface area contributed by atoms with Crippen LogP contribution in [0, 0.1) is 6.92 Å². The van der Waals surface area contributed by atoms with Crippen LogP contribution in [0.5, 0.6) is 0 Å².